The van der Waals surface area contributed by atoms with Crippen molar-refractivity contribution in [3.8, 4) is 0 Å². The highest BCUT2D eigenvalue weighted by Crippen LogP contribution is 2.57. The van der Waals surface area contributed by atoms with Gasteiger partial charge in [-0.15, -0.1) is 0 Å². The molecule has 31 heavy (non-hydrogen) atoms. The van der Waals surface area contributed by atoms with E-state index in [2.05, 4.69) is 91.8 Å². The fraction of sp³-hybridized carbons (Fsp3) is 0.571. The Kier molecular flexibility index (Phi) is 8.53. The van der Waals surface area contributed by atoms with Gasteiger partial charge in [0.2, 0.25) is 0 Å². The summed E-state index contributed by atoms with van der Waals surface area (Å²) >= 11 is 0. The molecule has 0 bridgehead atoms. The molecule has 172 valence electrons. The minimum absolute atomic E-state index is 0.0967. The second kappa shape index (κ2) is 10.2. The summed E-state index contributed by atoms with van der Waals surface area (Å²) in [5.41, 5.74) is 7.85. The molecule has 0 heterocycles. The molecule has 0 aliphatic heterocycles. The van der Waals surface area contributed by atoms with Crippen molar-refractivity contribution in [3.63, 3.8) is 0 Å². The Morgan fingerprint density at radius 1 is 0.581 bits per heavy atom. The van der Waals surface area contributed by atoms with Crippen molar-refractivity contribution in [1.29, 1.82) is 0 Å². The lowest BCUT2D eigenvalue weighted by Crippen LogP contribution is -2.32. The van der Waals surface area contributed by atoms with Crippen molar-refractivity contribution in [3.05, 3.63) is 69.8 Å². The van der Waals surface area contributed by atoms with Gasteiger partial charge in [0.05, 0.1) is 0 Å². The Morgan fingerprint density at radius 2 is 0.839 bits per heavy atom. The smallest absolute Gasteiger partial charge is 0.172 e. The molecular weight excluding hydrogens is 399 g/mol. The van der Waals surface area contributed by atoms with Gasteiger partial charge >= 0.3 is 0 Å². The first-order valence-corrected chi connectivity index (χ1v) is 13.0. The Balaban J connectivity index is 3.10. The molecule has 2 nitrogen and oxygen atoms in total. The zero-order chi connectivity index (χ0) is 23.7. The normalized spacial score (nSPS) is 13.0. The van der Waals surface area contributed by atoms with E-state index >= 15 is 0 Å². The van der Waals surface area contributed by atoms with Gasteiger partial charge in [-0.1, -0.05) is 106 Å². The van der Waals surface area contributed by atoms with Crippen LogP contribution in [0.3, 0.4) is 0 Å². The van der Waals surface area contributed by atoms with Gasteiger partial charge in [0.25, 0.3) is 0 Å². The number of benzene rings is 2. The molecule has 0 aliphatic carbocycles. The van der Waals surface area contributed by atoms with Crippen LogP contribution >= 0.6 is 8.38 Å². The van der Waals surface area contributed by atoms with E-state index in [0.717, 1.165) is 0 Å². The lowest BCUT2D eigenvalue weighted by Gasteiger charge is -2.41. The maximum Gasteiger partial charge on any atom is 0.172 e. The first kappa shape index (κ1) is 26.0. The number of rotatable bonds is 8. The minimum atomic E-state index is -2.16. The Morgan fingerprint density at radius 3 is 1.03 bits per heavy atom. The molecule has 2 N–H and O–H groups in total. The highest BCUT2D eigenvalue weighted by atomic mass is 31.2. The van der Waals surface area contributed by atoms with Crippen LogP contribution in [-0.4, -0.2) is 14.9 Å². The Labute approximate surface area is 192 Å². The van der Waals surface area contributed by atoms with Gasteiger partial charge in [-0.3, -0.25) is 0 Å². The summed E-state index contributed by atoms with van der Waals surface area (Å²) < 4.78 is 0. The van der Waals surface area contributed by atoms with E-state index in [4.69, 9.17) is 0 Å². The molecule has 2 aromatic carbocycles. The number of hydrogen-bond donors (Lipinski definition) is 2. The summed E-state index contributed by atoms with van der Waals surface area (Å²) in [6, 6.07) is 13.3. The third-order valence-corrected chi connectivity index (χ3v) is 7.92. The molecular formula is C28H43O2P. The van der Waals surface area contributed by atoms with Crippen LogP contribution < -0.4 is 0 Å². The van der Waals surface area contributed by atoms with E-state index in [1.807, 2.05) is 13.8 Å². The maximum absolute atomic E-state index is 10.7. The summed E-state index contributed by atoms with van der Waals surface area (Å²) in [5.74, 6) is 1.31. The molecule has 3 heteroatoms. The summed E-state index contributed by atoms with van der Waals surface area (Å²) in [5, 5.41) is -0.696. The van der Waals surface area contributed by atoms with Gasteiger partial charge < -0.3 is 9.79 Å². The SMILES string of the molecule is CC(C)c1cccc(C(C)C)c1C(c1c(C(C)C)cccc1C(C)C)C(C)(C)P(O)O. The standard InChI is InChI=1S/C28H43O2P/c1-17(2)21-13-11-14-22(18(3)4)25(21)27(28(9,10)31(29)30)26-23(19(5)6)15-12-16-24(26)20(7)8/h11-20,27,29-30H,1-10H3. The fourth-order valence-electron chi connectivity index (χ4n) is 4.85. The predicted molar refractivity (Wildman–Crippen MR) is 137 cm³/mol. The molecule has 0 amide bonds. The van der Waals surface area contributed by atoms with Crippen LogP contribution in [0.2, 0.25) is 0 Å². The van der Waals surface area contributed by atoms with Crippen molar-refractivity contribution in [2.24, 2.45) is 0 Å². The Hall–Kier alpha value is -1.21. The lowest BCUT2D eigenvalue weighted by molar-refractivity contribution is 0.415. The molecule has 0 fully saturated rings. The summed E-state index contributed by atoms with van der Waals surface area (Å²) in [7, 11) is -2.16. The largest absolute Gasteiger partial charge is 0.350 e. The monoisotopic (exact) mass is 442 g/mol. The van der Waals surface area contributed by atoms with Gasteiger partial charge in [0.15, 0.2) is 8.38 Å². The molecule has 0 aliphatic rings. The molecule has 0 saturated carbocycles. The van der Waals surface area contributed by atoms with Gasteiger partial charge in [0.1, 0.15) is 0 Å². The minimum Gasteiger partial charge on any atom is -0.350 e. The zero-order valence-corrected chi connectivity index (χ0v) is 22.1. The van der Waals surface area contributed by atoms with Crippen LogP contribution in [0, 0.1) is 0 Å². The summed E-state index contributed by atoms with van der Waals surface area (Å²) in [6.07, 6.45) is 0. The second-order valence-electron chi connectivity index (χ2n) is 10.7. The van der Waals surface area contributed by atoms with Crippen molar-refractivity contribution in [2.75, 3.05) is 0 Å². The van der Waals surface area contributed by atoms with E-state index in [0.29, 0.717) is 23.7 Å². The fourth-order valence-corrected chi connectivity index (χ4v) is 5.34. The molecule has 0 spiro atoms. The predicted octanol–water partition coefficient (Wildman–Crippen LogP) is 8.39. The molecule has 2 aromatic rings. The van der Waals surface area contributed by atoms with Crippen molar-refractivity contribution in [1.82, 2.24) is 0 Å². The average Bonchev–Trinajstić information content (AvgIpc) is 2.67. The van der Waals surface area contributed by atoms with Crippen LogP contribution in [0.4, 0.5) is 0 Å². The van der Waals surface area contributed by atoms with Crippen molar-refractivity contribution in [2.45, 2.75) is 104 Å². The van der Waals surface area contributed by atoms with E-state index in [9.17, 15) is 9.79 Å². The molecule has 0 aromatic heterocycles. The van der Waals surface area contributed by atoms with E-state index < -0.39 is 13.5 Å². The first-order valence-electron chi connectivity index (χ1n) is 11.8. The molecule has 0 radical (unpaired) electrons. The average molecular weight is 443 g/mol. The zero-order valence-electron chi connectivity index (χ0n) is 21.2. The molecule has 0 atom stereocenters. The van der Waals surface area contributed by atoms with E-state index in [-0.39, 0.29) is 5.92 Å². The molecule has 0 saturated heterocycles. The van der Waals surface area contributed by atoms with Gasteiger partial charge in [-0.2, -0.15) is 0 Å². The topological polar surface area (TPSA) is 40.5 Å². The third kappa shape index (κ3) is 5.24. The Bertz CT molecular complexity index is 763. The van der Waals surface area contributed by atoms with Crippen LogP contribution in [0.25, 0.3) is 0 Å². The van der Waals surface area contributed by atoms with Gasteiger partial charge in [-0.05, 0) is 57.1 Å². The molecule has 2 rings (SSSR count). The highest BCUT2D eigenvalue weighted by molar-refractivity contribution is 7.47. The second-order valence-corrected chi connectivity index (χ2v) is 12.4. The quantitative estimate of drug-likeness (QED) is 0.403. The van der Waals surface area contributed by atoms with E-state index in [1.54, 1.807) is 0 Å². The third-order valence-electron chi connectivity index (χ3n) is 6.63. The van der Waals surface area contributed by atoms with Crippen molar-refractivity contribution < 1.29 is 9.79 Å². The summed E-state index contributed by atoms with van der Waals surface area (Å²) in [4.78, 5) is 21.4. The highest BCUT2D eigenvalue weighted by Gasteiger charge is 2.43. The van der Waals surface area contributed by atoms with E-state index in [1.165, 1.54) is 33.4 Å². The van der Waals surface area contributed by atoms with Crippen LogP contribution in [0.15, 0.2) is 36.4 Å². The van der Waals surface area contributed by atoms with Crippen LogP contribution in [0.5, 0.6) is 0 Å². The van der Waals surface area contributed by atoms with Gasteiger partial charge in [-0.25, -0.2) is 0 Å². The molecule has 0 unspecified atom stereocenters. The maximum atomic E-state index is 10.7. The van der Waals surface area contributed by atoms with Gasteiger partial charge in [0, 0.05) is 11.1 Å². The lowest BCUT2D eigenvalue weighted by atomic mass is 9.70. The van der Waals surface area contributed by atoms with Crippen LogP contribution in [0.1, 0.15) is 132 Å². The van der Waals surface area contributed by atoms with Crippen molar-refractivity contribution >= 4 is 8.38 Å². The summed E-state index contributed by atoms with van der Waals surface area (Å²) in [6.45, 7) is 22.0. The van der Waals surface area contributed by atoms with Crippen LogP contribution in [-0.2, 0) is 0 Å². The first-order chi connectivity index (χ1) is 14.3. The number of hydrogen-bond acceptors (Lipinski definition) is 2.